The molecule has 0 aliphatic rings. The molecule has 17 heavy (non-hydrogen) atoms. The summed E-state index contributed by atoms with van der Waals surface area (Å²) in [4.78, 5) is 4.06. The van der Waals surface area contributed by atoms with Crippen LogP contribution in [0.3, 0.4) is 0 Å². The molecular weight excluding hydrogens is 241 g/mol. The fraction of sp³-hybridized carbons (Fsp3) is 0.154. The van der Waals surface area contributed by atoms with Crippen molar-refractivity contribution < 1.29 is 9.50 Å². The van der Waals surface area contributed by atoms with E-state index in [2.05, 4.69) is 4.98 Å². The highest BCUT2D eigenvalue weighted by Crippen LogP contribution is 2.20. The zero-order chi connectivity index (χ0) is 12.3. The average Bonchev–Trinajstić information content (AvgIpc) is 2.35. The SMILES string of the molecule is OC(Cc1ccc(F)c(Cl)c1)c1ccccn1. The molecule has 88 valence electrons. The Bertz CT molecular complexity index is 504. The Morgan fingerprint density at radius 3 is 2.76 bits per heavy atom. The number of rotatable bonds is 3. The summed E-state index contributed by atoms with van der Waals surface area (Å²) in [5.74, 6) is -0.456. The molecule has 0 amide bonds. The molecule has 1 atom stereocenters. The van der Waals surface area contributed by atoms with Gasteiger partial charge in [0.25, 0.3) is 0 Å². The monoisotopic (exact) mass is 251 g/mol. The fourth-order valence-electron chi connectivity index (χ4n) is 1.57. The molecule has 2 aromatic rings. The first-order chi connectivity index (χ1) is 8.16. The normalized spacial score (nSPS) is 12.4. The highest BCUT2D eigenvalue weighted by molar-refractivity contribution is 6.30. The third-order valence-corrected chi connectivity index (χ3v) is 2.73. The van der Waals surface area contributed by atoms with Gasteiger partial charge in [-0.05, 0) is 29.8 Å². The molecule has 0 fully saturated rings. The van der Waals surface area contributed by atoms with Crippen LogP contribution in [0.5, 0.6) is 0 Å². The molecule has 1 heterocycles. The smallest absolute Gasteiger partial charge is 0.141 e. The second-order valence-corrected chi connectivity index (χ2v) is 4.13. The van der Waals surface area contributed by atoms with Crippen molar-refractivity contribution >= 4 is 11.6 Å². The van der Waals surface area contributed by atoms with E-state index in [0.717, 1.165) is 5.56 Å². The van der Waals surface area contributed by atoms with Crippen LogP contribution in [0.2, 0.25) is 5.02 Å². The Hall–Kier alpha value is -1.45. The van der Waals surface area contributed by atoms with Crippen molar-refractivity contribution in [1.82, 2.24) is 4.98 Å². The first kappa shape index (κ1) is 12.0. The van der Waals surface area contributed by atoms with Crippen LogP contribution in [-0.4, -0.2) is 10.1 Å². The molecule has 0 aliphatic heterocycles. The molecule has 4 heteroatoms. The maximum Gasteiger partial charge on any atom is 0.141 e. The third-order valence-electron chi connectivity index (χ3n) is 2.44. The van der Waals surface area contributed by atoms with Crippen LogP contribution in [-0.2, 0) is 6.42 Å². The molecule has 0 bridgehead atoms. The lowest BCUT2D eigenvalue weighted by molar-refractivity contribution is 0.173. The number of pyridine rings is 1. The van der Waals surface area contributed by atoms with Crippen molar-refractivity contribution in [2.24, 2.45) is 0 Å². The van der Waals surface area contributed by atoms with Gasteiger partial charge in [-0.25, -0.2) is 4.39 Å². The summed E-state index contributed by atoms with van der Waals surface area (Å²) in [6.07, 6.45) is 1.27. The Kier molecular flexibility index (Phi) is 3.71. The maximum absolute atomic E-state index is 13.0. The first-order valence-corrected chi connectivity index (χ1v) is 5.57. The van der Waals surface area contributed by atoms with Gasteiger partial charge < -0.3 is 5.11 Å². The number of benzene rings is 1. The van der Waals surface area contributed by atoms with E-state index in [1.165, 1.54) is 12.1 Å². The minimum Gasteiger partial charge on any atom is -0.386 e. The van der Waals surface area contributed by atoms with E-state index in [1.807, 2.05) is 6.07 Å². The zero-order valence-corrected chi connectivity index (χ0v) is 9.73. The number of hydrogen-bond donors (Lipinski definition) is 1. The molecule has 0 saturated heterocycles. The van der Waals surface area contributed by atoms with E-state index >= 15 is 0 Å². The van der Waals surface area contributed by atoms with Gasteiger partial charge >= 0.3 is 0 Å². The Labute approximate surface area is 104 Å². The molecule has 0 spiro atoms. The summed E-state index contributed by atoms with van der Waals surface area (Å²) >= 11 is 5.67. The summed E-state index contributed by atoms with van der Waals surface area (Å²) in [6.45, 7) is 0. The maximum atomic E-state index is 13.0. The van der Waals surface area contributed by atoms with Crippen molar-refractivity contribution in [2.75, 3.05) is 0 Å². The van der Waals surface area contributed by atoms with Crippen LogP contribution in [0.15, 0.2) is 42.6 Å². The minimum absolute atomic E-state index is 0.0655. The number of aromatic nitrogens is 1. The van der Waals surface area contributed by atoms with Gasteiger partial charge in [-0.3, -0.25) is 4.98 Å². The van der Waals surface area contributed by atoms with Crippen LogP contribution in [0.4, 0.5) is 4.39 Å². The van der Waals surface area contributed by atoms with Crippen molar-refractivity contribution in [3.05, 3.63) is 64.7 Å². The topological polar surface area (TPSA) is 33.1 Å². The molecule has 2 rings (SSSR count). The van der Waals surface area contributed by atoms with Gasteiger partial charge in [0.2, 0.25) is 0 Å². The van der Waals surface area contributed by atoms with E-state index in [-0.39, 0.29) is 5.02 Å². The lowest BCUT2D eigenvalue weighted by atomic mass is 10.1. The van der Waals surface area contributed by atoms with Crippen molar-refractivity contribution in [2.45, 2.75) is 12.5 Å². The van der Waals surface area contributed by atoms with Crippen LogP contribution in [0.1, 0.15) is 17.4 Å². The van der Waals surface area contributed by atoms with Crippen LogP contribution in [0, 0.1) is 5.82 Å². The number of halogens is 2. The highest BCUT2D eigenvalue weighted by Gasteiger charge is 2.10. The molecule has 0 radical (unpaired) electrons. The summed E-state index contributed by atoms with van der Waals surface area (Å²) < 4.78 is 13.0. The second kappa shape index (κ2) is 5.25. The predicted molar refractivity (Wildman–Crippen MR) is 64.3 cm³/mol. The Morgan fingerprint density at radius 1 is 1.29 bits per heavy atom. The van der Waals surface area contributed by atoms with Gasteiger partial charge in [0.15, 0.2) is 0 Å². The van der Waals surface area contributed by atoms with Gasteiger partial charge in [0, 0.05) is 12.6 Å². The zero-order valence-electron chi connectivity index (χ0n) is 8.98. The number of aliphatic hydroxyl groups excluding tert-OH is 1. The number of aliphatic hydroxyl groups is 1. The third kappa shape index (κ3) is 3.02. The van der Waals surface area contributed by atoms with Gasteiger partial charge in [-0.15, -0.1) is 0 Å². The molecule has 1 unspecified atom stereocenters. The van der Waals surface area contributed by atoms with Crippen molar-refractivity contribution in [3.63, 3.8) is 0 Å². The lowest BCUT2D eigenvalue weighted by Gasteiger charge is -2.10. The highest BCUT2D eigenvalue weighted by atomic mass is 35.5. The van der Waals surface area contributed by atoms with Gasteiger partial charge in [0.05, 0.1) is 16.8 Å². The number of nitrogens with zero attached hydrogens (tertiary/aromatic N) is 1. The molecular formula is C13H11ClFNO. The van der Waals surface area contributed by atoms with Crippen LogP contribution < -0.4 is 0 Å². The second-order valence-electron chi connectivity index (χ2n) is 3.72. The van der Waals surface area contributed by atoms with Crippen molar-refractivity contribution in [3.8, 4) is 0 Å². The lowest BCUT2D eigenvalue weighted by Crippen LogP contribution is -2.03. The largest absolute Gasteiger partial charge is 0.386 e. The minimum atomic E-state index is -0.710. The average molecular weight is 252 g/mol. The Morgan fingerprint density at radius 2 is 2.12 bits per heavy atom. The van der Waals surface area contributed by atoms with Crippen molar-refractivity contribution in [1.29, 1.82) is 0 Å². The van der Waals surface area contributed by atoms with E-state index < -0.39 is 11.9 Å². The van der Waals surface area contributed by atoms with E-state index in [0.29, 0.717) is 12.1 Å². The quantitative estimate of drug-likeness (QED) is 0.909. The van der Waals surface area contributed by atoms with E-state index in [4.69, 9.17) is 11.6 Å². The molecule has 1 aromatic heterocycles. The fourth-order valence-corrected chi connectivity index (χ4v) is 1.77. The summed E-state index contributed by atoms with van der Waals surface area (Å²) in [6, 6.07) is 9.75. The molecule has 2 nitrogen and oxygen atoms in total. The standard InChI is InChI=1S/C13H11ClFNO/c14-10-7-9(4-5-11(10)15)8-13(17)12-3-1-2-6-16-12/h1-7,13,17H,8H2. The molecule has 1 aromatic carbocycles. The summed E-state index contributed by atoms with van der Waals surface area (Å²) in [7, 11) is 0. The van der Waals surface area contributed by atoms with E-state index in [9.17, 15) is 9.50 Å². The van der Waals surface area contributed by atoms with Crippen LogP contribution >= 0.6 is 11.6 Å². The molecule has 1 N–H and O–H groups in total. The number of hydrogen-bond acceptors (Lipinski definition) is 2. The van der Waals surface area contributed by atoms with E-state index in [1.54, 1.807) is 24.4 Å². The van der Waals surface area contributed by atoms with Gasteiger partial charge in [0.1, 0.15) is 5.82 Å². The molecule has 0 saturated carbocycles. The Balaban J connectivity index is 2.13. The summed E-state index contributed by atoms with van der Waals surface area (Å²) in [5, 5.41) is 10.0. The van der Waals surface area contributed by atoms with Gasteiger partial charge in [-0.1, -0.05) is 23.7 Å². The van der Waals surface area contributed by atoms with Gasteiger partial charge in [-0.2, -0.15) is 0 Å². The predicted octanol–water partition coefficient (Wildman–Crippen LogP) is 3.15. The summed E-state index contributed by atoms with van der Waals surface area (Å²) in [5.41, 5.74) is 1.36. The molecule has 0 aliphatic carbocycles. The van der Waals surface area contributed by atoms with Crippen LogP contribution in [0.25, 0.3) is 0 Å². The first-order valence-electron chi connectivity index (χ1n) is 5.20.